The van der Waals surface area contributed by atoms with Crippen LogP contribution in [-0.2, 0) is 4.79 Å². The maximum Gasteiger partial charge on any atom is 0.270 e. The Labute approximate surface area is 203 Å². The molecule has 8 heteroatoms. The van der Waals surface area contributed by atoms with E-state index in [4.69, 9.17) is 4.74 Å². The van der Waals surface area contributed by atoms with Crippen molar-refractivity contribution in [2.45, 2.75) is 39.3 Å². The fourth-order valence-electron chi connectivity index (χ4n) is 3.48. The van der Waals surface area contributed by atoms with E-state index < -0.39 is 24.7 Å². The van der Waals surface area contributed by atoms with Crippen molar-refractivity contribution < 1.29 is 28.9 Å². The summed E-state index contributed by atoms with van der Waals surface area (Å²) in [6.45, 7) is 4.81. The first kappa shape index (κ1) is 26.0. The van der Waals surface area contributed by atoms with E-state index in [-0.39, 0.29) is 23.2 Å². The number of amides is 1. The lowest BCUT2D eigenvalue weighted by Crippen LogP contribution is -2.41. The van der Waals surface area contributed by atoms with E-state index in [2.05, 4.69) is 10.3 Å². The van der Waals surface area contributed by atoms with Crippen molar-refractivity contribution in [1.29, 1.82) is 0 Å². The molecule has 0 saturated heterocycles. The molecular formula is C27H29FN2O5. The number of aromatic nitrogens is 1. The van der Waals surface area contributed by atoms with Crippen LogP contribution in [0.4, 0.5) is 4.39 Å². The predicted octanol–water partition coefficient (Wildman–Crippen LogP) is 4.44. The highest BCUT2D eigenvalue weighted by Crippen LogP contribution is 2.27. The van der Waals surface area contributed by atoms with Crippen LogP contribution in [0.2, 0.25) is 0 Å². The summed E-state index contributed by atoms with van der Waals surface area (Å²) in [6, 6.07) is 14.8. The second-order valence-corrected chi connectivity index (χ2v) is 8.72. The van der Waals surface area contributed by atoms with E-state index in [0.29, 0.717) is 34.7 Å². The van der Waals surface area contributed by atoms with Crippen molar-refractivity contribution in [1.82, 2.24) is 10.3 Å². The Morgan fingerprint density at radius 3 is 2.17 bits per heavy atom. The second kappa shape index (κ2) is 11.7. The maximum absolute atomic E-state index is 13.1. The van der Waals surface area contributed by atoms with Gasteiger partial charge in [-0.05, 0) is 85.5 Å². The third kappa shape index (κ3) is 7.18. The van der Waals surface area contributed by atoms with Crippen molar-refractivity contribution in [3.05, 3.63) is 77.7 Å². The number of aliphatic hydroxyl groups is 2. The number of Topliss-reactive ketones (excluding diaryl/α,β-unsaturated/α-hetero) is 1. The van der Waals surface area contributed by atoms with Crippen LogP contribution in [0.1, 0.15) is 49.3 Å². The highest BCUT2D eigenvalue weighted by atomic mass is 19.1. The molecule has 3 aromatic rings. The number of carbonyl (C=O) groups is 2. The van der Waals surface area contributed by atoms with Crippen molar-refractivity contribution in [3.63, 3.8) is 0 Å². The van der Waals surface area contributed by atoms with Crippen molar-refractivity contribution in [2.75, 3.05) is 6.61 Å². The number of nitrogens with one attached hydrogen (secondary N) is 1. The Balaban J connectivity index is 1.88. The van der Waals surface area contributed by atoms with Gasteiger partial charge in [-0.15, -0.1) is 0 Å². The van der Waals surface area contributed by atoms with Gasteiger partial charge in [-0.3, -0.25) is 9.59 Å². The van der Waals surface area contributed by atoms with E-state index in [1.165, 1.54) is 37.3 Å². The lowest BCUT2D eigenvalue weighted by Gasteiger charge is -2.18. The summed E-state index contributed by atoms with van der Waals surface area (Å²) in [5.74, 6) is 0.132. The maximum atomic E-state index is 13.1. The Bertz CT molecular complexity index is 1160. The third-order valence-corrected chi connectivity index (χ3v) is 5.34. The summed E-state index contributed by atoms with van der Waals surface area (Å²) < 4.78 is 18.8. The molecule has 0 aliphatic carbocycles. The molecule has 35 heavy (non-hydrogen) atoms. The quantitative estimate of drug-likeness (QED) is 0.396. The highest BCUT2D eigenvalue weighted by molar-refractivity contribution is 5.96. The molecule has 1 amide bonds. The van der Waals surface area contributed by atoms with Crippen LogP contribution >= 0.6 is 0 Å². The van der Waals surface area contributed by atoms with E-state index in [1.54, 1.807) is 30.3 Å². The molecule has 3 rings (SSSR count). The van der Waals surface area contributed by atoms with Gasteiger partial charge in [0.2, 0.25) is 0 Å². The van der Waals surface area contributed by atoms with Crippen molar-refractivity contribution in [3.8, 4) is 22.8 Å². The molecule has 2 aromatic carbocycles. The molecule has 184 valence electrons. The highest BCUT2D eigenvalue weighted by Gasteiger charge is 2.22. The average molecular weight is 481 g/mol. The van der Waals surface area contributed by atoms with Gasteiger partial charge in [-0.1, -0.05) is 13.8 Å². The number of ether oxygens (including phenoxy) is 1. The van der Waals surface area contributed by atoms with Crippen LogP contribution < -0.4 is 10.1 Å². The minimum Gasteiger partial charge on any atom is -0.457 e. The first-order valence-electron chi connectivity index (χ1n) is 11.3. The van der Waals surface area contributed by atoms with E-state index in [9.17, 15) is 24.2 Å². The summed E-state index contributed by atoms with van der Waals surface area (Å²) in [5, 5.41) is 22.4. The minimum absolute atomic E-state index is 0.0200. The molecule has 2 atom stereocenters. The van der Waals surface area contributed by atoms with Gasteiger partial charge in [0.05, 0.1) is 18.3 Å². The molecule has 7 nitrogen and oxygen atoms in total. The monoisotopic (exact) mass is 480 g/mol. The topological polar surface area (TPSA) is 109 Å². The van der Waals surface area contributed by atoms with E-state index in [0.717, 1.165) is 0 Å². The molecule has 1 aromatic heterocycles. The number of halogens is 1. The van der Waals surface area contributed by atoms with Crippen LogP contribution in [0.3, 0.4) is 0 Å². The van der Waals surface area contributed by atoms with E-state index in [1.807, 2.05) is 13.8 Å². The van der Waals surface area contributed by atoms with Crippen LogP contribution in [0.15, 0.2) is 60.7 Å². The summed E-state index contributed by atoms with van der Waals surface area (Å²) >= 11 is 0. The largest absolute Gasteiger partial charge is 0.457 e. The van der Waals surface area contributed by atoms with Gasteiger partial charge in [0.15, 0.2) is 5.78 Å². The Hall–Kier alpha value is -3.62. The van der Waals surface area contributed by atoms with Gasteiger partial charge in [0, 0.05) is 5.56 Å². The number of ketones is 1. The Kier molecular flexibility index (Phi) is 8.68. The zero-order valence-electron chi connectivity index (χ0n) is 19.9. The van der Waals surface area contributed by atoms with Gasteiger partial charge >= 0.3 is 0 Å². The zero-order valence-corrected chi connectivity index (χ0v) is 19.9. The molecule has 0 fully saturated rings. The molecule has 0 aliphatic heterocycles. The molecule has 0 radical (unpaired) electrons. The molecule has 0 bridgehead atoms. The Morgan fingerprint density at radius 2 is 1.63 bits per heavy atom. The summed E-state index contributed by atoms with van der Waals surface area (Å²) in [5.41, 5.74) is 1.38. The number of pyridine rings is 1. The number of hydrogen-bond acceptors (Lipinski definition) is 6. The number of rotatable bonds is 10. The van der Waals surface area contributed by atoms with Gasteiger partial charge in [-0.25, -0.2) is 9.37 Å². The van der Waals surface area contributed by atoms with Crippen molar-refractivity contribution in [2.24, 2.45) is 5.92 Å². The van der Waals surface area contributed by atoms with Gasteiger partial charge in [-0.2, -0.15) is 0 Å². The fourth-order valence-corrected chi connectivity index (χ4v) is 3.48. The molecule has 3 N–H and O–H groups in total. The number of hydrogen-bond donors (Lipinski definition) is 3. The Morgan fingerprint density at radius 1 is 1.03 bits per heavy atom. The first-order valence-corrected chi connectivity index (χ1v) is 11.3. The lowest BCUT2D eigenvalue weighted by atomic mass is 10.0. The molecular weight excluding hydrogens is 451 g/mol. The van der Waals surface area contributed by atoms with Gasteiger partial charge in [0.25, 0.3) is 5.91 Å². The molecule has 1 heterocycles. The number of aliphatic hydroxyl groups excluding tert-OH is 2. The summed E-state index contributed by atoms with van der Waals surface area (Å²) in [6.07, 6.45) is -0.716. The summed E-state index contributed by atoms with van der Waals surface area (Å²) in [7, 11) is 0. The number of carbonyl (C=O) groups excluding carboxylic acids is 2. The van der Waals surface area contributed by atoms with Crippen LogP contribution in [-0.4, -0.2) is 39.5 Å². The standard InChI is InChI=1S/C27H29FN2O5/c1-16(2)12-23(17(3)32)30-27(34)25-14-19(26(33)15-31)13-24(29-25)18-4-8-21(9-5-18)35-22-10-6-20(28)7-11-22/h4-11,13-14,16,23,26,31,33H,12,15H2,1-3H3,(H,30,34)/t23-,26+/m0/s1. The lowest BCUT2D eigenvalue weighted by molar-refractivity contribution is -0.119. The van der Waals surface area contributed by atoms with Crippen molar-refractivity contribution >= 4 is 11.7 Å². The van der Waals surface area contributed by atoms with E-state index >= 15 is 0 Å². The summed E-state index contributed by atoms with van der Waals surface area (Å²) in [4.78, 5) is 29.4. The fraction of sp³-hybridized carbons (Fsp3) is 0.296. The number of nitrogens with zero attached hydrogens (tertiary/aromatic N) is 1. The van der Waals surface area contributed by atoms with Gasteiger partial charge < -0.3 is 20.3 Å². The second-order valence-electron chi connectivity index (χ2n) is 8.72. The predicted molar refractivity (Wildman–Crippen MR) is 130 cm³/mol. The molecule has 0 spiro atoms. The zero-order chi connectivity index (χ0) is 25.5. The van der Waals surface area contributed by atoms with Crippen LogP contribution in [0.5, 0.6) is 11.5 Å². The SMILES string of the molecule is CC(=O)[C@H](CC(C)C)NC(=O)c1cc([C@H](O)CO)cc(-c2ccc(Oc3ccc(F)cc3)cc2)n1. The first-order chi connectivity index (χ1) is 16.7. The smallest absolute Gasteiger partial charge is 0.270 e. The molecule has 0 aliphatic rings. The average Bonchev–Trinajstić information content (AvgIpc) is 2.84. The van der Waals surface area contributed by atoms with Crippen LogP contribution in [0, 0.1) is 11.7 Å². The molecule has 0 unspecified atom stereocenters. The third-order valence-electron chi connectivity index (χ3n) is 5.34. The van der Waals surface area contributed by atoms with Crippen LogP contribution in [0.25, 0.3) is 11.3 Å². The number of benzene rings is 2. The minimum atomic E-state index is -1.20. The molecule has 0 saturated carbocycles. The normalized spacial score (nSPS) is 12.8. The van der Waals surface area contributed by atoms with Gasteiger partial charge in [0.1, 0.15) is 29.1 Å².